The number of aryl methyl sites for hydroxylation is 2. The Kier molecular flexibility index (Phi) is 9.00. The van der Waals surface area contributed by atoms with Gasteiger partial charge < -0.3 is 20.7 Å². The molecule has 0 aliphatic heterocycles. The van der Waals surface area contributed by atoms with Gasteiger partial charge in [-0.15, -0.1) is 0 Å². The summed E-state index contributed by atoms with van der Waals surface area (Å²) in [7, 11) is 2.95. The van der Waals surface area contributed by atoms with Gasteiger partial charge in [0.2, 0.25) is 11.8 Å². The van der Waals surface area contributed by atoms with Gasteiger partial charge in [0.05, 0.1) is 30.2 Å². The Morgan fingerprint density at radius 3 is 2.35 bits per heavy atom. The van der Waals surface area contributed by atoms with Crippen LogP contribution in [0.1, 0.15) is 36.5 Å². The maximum absolute atomic E-state index is 13.6. The van der Waals surface area contributed by atoms with Crippen molar-refractivity contribution >= 4 is 34.8 Å². The molecule has 0 aromatic heterocycles. The second kappa shape index (κ2) is 11.3. The number of hydrogen-bond donors (Lipinski definition) is 2. The number of anilines is 1. The van der Waals surface area contributed by atoms with E-state index in [9.17, 15) is 19.7 Å². The first-order valence-corrected chi connectivity index (χ1v) is 11.2. The van der Waals surface area contributed by atoms with E-state index in [0.29, 0.717) is 11.4 Å². The summed E-state index contributed by atoms with van der Waals surface area (Å²) in [6.07, 6.45) is 0.642. The maximum Gasteiger partial charge on any atom is 0.273 e. The number of nitro benzene ring substituents is 1. The molecule has 0 saturated heterocycles. The molecule has 0 saturated carbocycles. The number of non-ortho nitro benzene ring substituents is 1. The quantitative estimate of drug-likeness (QED) is 0.382. The van der Waals surface area contributed by atoms with Crippen molar-refractivity contribution in [1.82, 2.24) is 4.90 Å². The molecule has 2 aromatic carbocycles. The summed E-state index contributed by atoms with van der Waals surface area (Å²) in [6, 6.07) is 7.51. The van der Waals surface area contributed by atoms with Crippen LogP contribution >= 0.6 is 11.6 Å². The number of nitro groups is 1. The van der Waals surface area contributed by atoms with Gasteiger partial charge in [-0.1, -0.05) is 18.5 Å². The lowest BCUT2D eigenvalue weighted by Crippen LogP contribution is -2.58. The summed E-state index contributed by atoms with van der Waals surface area (Å²) in [6.45, 7) is 5.77. The van der Waals surface area contributed by atoms with Gasteiger partial charge in [-0.25, -0.2) is 0 Å². The fourth-order valence-electron chi connectivity index (χ4n) is 4.11. The monoisotopic (exact) mass is 490 g/mol. The molecule has 9 nitrogen and oxygen atoms in total. The first-order valence-electron chi connectivity index (χ1n) is 10.9. The van der Waals surface area contributed by atoms with Crippen molar-refractivity contribution in [2.24, 2.45) is 5.73 Å². The van der Waals surface area contributed by atoms with Gasteiger partial charge in [0.15, 0.2) is 0 Å². The van der Waals surface area contributed by atoms with Gasteiger partial charge in [0.1, 0.15) is 11.3 Å². The molecule has 0 bridgehead atoms. The summed E-state index contributed by atoms with van der Waals surface area (Å²) in [5.74, 6) is -0.552. The fraction of sp³-hybridized carbons (Fsp3) is 0.417. The van der Waals surface area contributed by atoms with Crippen molar-refractivity contribution < 1.29 is 19.2 Å². The smallest absolute Gasteiger partial charge is 0.273 e. The number of nitrogens with one attached hydrogen (secondary N) is 1. The predicted octanol–water partition coefficient (Wildman–Crippen LogP) is 4.01. The number of rotatable bonds is 10. The second-order valence-electron chi connectivity index (χ2n) is 8.17. The Hall–Kier alpha value is -3.17. The molecule has 1 atom stereocenters. The summed E-state index contributed by atoms with van der Waals surface area (Å²) in [4.78, 5) is 38.9. The Morgan fingerprint density at radius 2 is 1.85 bits per heavy atom. The van der Waals surface area contributed by atoms with E-state index in [1.54, 1.807) is 19.2 Å². The molecule has 34 heavy (non-hydrogen) atoms. The van der Waals surface area contributed by atoms with Crippen LogP contribution in [-0.2, 0) is 16.0 Å². The molecule has 10 heteroatoms. The van der Waals surface area contributed by atoms with Crippen LogP contribution in [-0.4, -0.2) is 47.9 Å². The van der Waals surface area contributed by atoms with E-state index in [4.69, 9.17) is 22.1 Å². The second-order valence-corrected chi connectivity index (χ2v) is 8.60. The summed E-state index contributed by atoms with van der Waals surface area (Å²) >= 11 is 6.12. The predicted molar refractivity (Wildman–Crippen MR) is 132 cm³/mol. The minimum Gasteiger partial charge on any atom is -0.494 e. The van der Waals surface area contributed by atoms with Crippen molar-refractivity contribution in [2.45, 2.75) is 45.6 Å². The highest BCUT2D eigenvalue weighted by Gasteiger charge is 2.42. The average molecular weight is 491 g/mol. The van der Waals surface area contributed by atoms with E-state index < -0.39 is 16.4 Å². The molecule has 0 aliphatic carbocycles. The Morgan fingerprint density at radius 1 is 1.24 bits per heavy atom. The van der Waals surface area contributed by atoms with E-state index in [1.807, 2.05) is 20.8 Å². The summed E-state index contributed by atoms with van der Waals surface area (Å²) < 4.78 is 5.23. The minimum absolute atomic E-state index is 0.103. The number of methoxy groups -OCH3 is 1. The lowest BCUT2D eigenvalue weighted by Gasteiger charge is -2.40. The van der Waals surface area contributed by atoms with E-state index in [2.05, 4.69) is 5.32 Å². The van der Waals surface area contributed by atoms with Gasteiger partial charge in [-0.2, -0.15) is 0 Å². The number of carbonyl (C=O) groups excluding carboxylic acids is 2. The summed E-state index contributed by atoms with van der Waals surface area (Å²) in [5.41, 5.74) is 7.37. The molecule has 3 N–H and O–H groups in total. The van der Waals surface area contributed by atoms with Gasteiger partial charge >= 0.3 is 0 Å². The first-order chi connectivity index (χ1) is 16.0. The van der Waals surface area contributed by atoms with Crippen LogP contribution in [0.15, 0.2) is 30.3 Å². The highest BCUT2D eigenvalue weighted by molar-refractivity contribution is 6.30. The molecule has 0 radical (unpaired) electrons. The number of halogens is 1. The third-order valence-electron chi connectivity index (χ3n) is 6.21. The molecule has 184 valence electrons. The fourth-order valence-corrected chi connectivity index (χ4v) is 4.44. The third kappa shape index (κ3) is 5.66. The van der Waals surface area contributed by atoms with Crippen LogP contribution < -0.4 is 15.8 Å². The van der Waals surface area contributed by atoms with Crippen LogP contribution in [0, 0.1) is 24.0 Å². The van der Waals surface area contributed by atoms with Crippen LogP contribution in [0.25, 0.3) is 0 Å². The van der Waals surface area contributed by atoms with Crippen LogP contribution in [0.4, 0.5) is 11.4 Å². The molecule has 2 amide bonds. The Bertz CT molecular complexity index is 1070. The van der Waals surface area contributed by atoms with Gasteiger partial charge in [0.25, 0.3) is 5.69 Å². The molecule has 0 spiro atoms. The van der Waals surface area contributed by atoms with Crippen molar-refractivity contribution in [1.29, 1.82) is 0 Å². The van der Waals surface area contributed by atoms with Crippen molar-refractivity contribution in [3.05, 3.63) is 62.2 Å². The number of ether oxygens (including phenoxy) is 1. The largest absolute Gasteiger partial charge is 0.494 e. The standard InChI is InChI=1S/C24H31ClN4O5/c1-6-24(9-10-26,23(31)27-20-8-7-18(29(32)33)13-21(20)34-5)28(4)22(30)14-19-15(2)11-17(25)12-16(19)3/h7-8,11-13H,6,9-10,14,26H2,1-5H3,(H,27,31). The number of nitrogens with zero attached hydrogens (tertiary/aromatic N) is 2. The Balaban J connectivity index is 2.38. The van der Waals surface area contributed by atoms with E-state index in [0.717, 1.165) is 16.7 Å². The Labute approximate surface area is 204 Å². The molecule has 2 rings (SSSR count). The lowest BCUT2D eigenvalue weighted by molar-refractivity contribution is -0.384. The molecular weight excluding hydrogens is 460 g/mol. The zero-order chi connectivity index (χ0) is 25.6. The van der Waals surface area contributed by atoms with Gasteiger partial charge in [0, 0.05) is 18.1 Å². The highest BCUT2D eigenvalue weighted by atomic mass is 35.5. The van der Waals surface area contributed by atoms with Crippen molar-refractivity contribution in [3.8, 4) is 5.75 Å². The number of benzene rings is 2. The van der Waals surface area contributed by atoms with E-state index in [-0.39, 0.29) is 42.4 Å². The van der Waals surface area contributed by atoms with E-state index in [1.165, 1.54) is 30.2 Å². The SMILES string of the molecule is CCC(CCN)(C(=O)Nc1ccc([N+](=O)[O-])cc1OC)N(C)C(=O)Cc1c(C)cc(Cl)cc1C. The number of amides is 2. The molecule has 0 fully saturated rings. The van der Waals surface area contributed by atoms with Crippen molar-refractivity contribution in [3.63, 3.8) is 0 Å². The van der Waals surface area contributed by atoms with Gasteiger partial charge in [-0.3, -0.25) is 19.7 Å². The first kappa shape index (κ1) is 27.1. The van der Waals surface area contributed by atoms with Gasteiger partial charge in [-0.05, 0) is 68.1 Å². The van der Waals surface area contributed by atoms with Crippen LogP contribution in [0.3, 0.4) is 0 Å². The number of nitrogens with two attached hydrogens (primary N) is 1. The number of carbonyl (C=O) groups is 2. The zero-order valence-electron chi connectivity index (χ0n) is 20.1. The molecular formula is C24H31ClN4O5. The number of likely N-dealkylation sites (N-methyl/N-ethyl adjacent to an activating group) is 1. The molecule has 2 aromatic rings. The highest BCUT2D eigenvalue weighted by Crippen LogP contribution is 2.32. The molecule has 0 aliphatic rings. The van der Waals surface area contributed by atoms with E-state index >= 15 is 0 Å². The third-order valence-corrected chi connectivity index (χ3v) is 6.43. The normalized spacial score (nSPS) is 12.6. The summed E-state index contributed by atoms with van der Waals surface area (Å²) in [5, 5.41) is 14.5. The van der Waals surface area contributed by atoms with Crippen LogP contribution in [0.5, 0.6) is 5.75 Å². The molecule has 0 heterocycles. The maximum atomic E-state index is 13.6. The van der Waals surface area contributed by atoms with Crippen molar-refractivity contribution in [2.75, 3.05) is 26.0 Å². The zero-order valence-corrected chi connectivity index (χ0v) is 20.9. The number of hydrogen-bond acceptors (Lipinski definition) is 6. The topological polar surface area (TPSA) is 128 Å². The molecule has 1 unspecified atom stereocenters. The minimum atomic E-state index is -1.23. The average Bonchev–Trinajstić information content (AvgIpc) is 2.79. The van der Waals surface area contributed by atoms with Crippen LogP contribution in [0.2, 0.25) is 5.02 Å². The lowest BCUT2D eigenvalue weighted by atomic mass is 9.87.